The third-order valence-corrected chi connectivity index (χ3v) is 3.12. The van der Waals surface area contributed by atoms with Gasteiger partial charge in [0.25, 0.3) is 6.43 Å². The minimum absolute atomic E-state index is 0.00222. The van der Waals surface area contributed by atoms with Gasteiger partial charge in [0.2, 0.25) is 0 Å². The van der Waals surface area contributed by atoms with Gasteiger partial charge in [-0.2, -0.15) is 5.10 Å². The van der Waals surface area contributed by atoms with E-state index in [-0.39, 0.29) is 5.69 Å². The Kier molecular flexibility index (Phi) is 4.27. The molecule has 0 amide bonds. The zero-order chi connectivity index (χ0) is 13.8. The molecule has 0 aliphatic heterocycles. The smallest absolute Gasteiger partial charge is 0.280 e. The molecule has 1 heterocycles. The van der Waals surface area contributed by atoms with Crippen molar-refractivity contribution in [1.82, 2.24) is 15.1 Å². The fourth-order valence-electron chi connectivity index (χ4n) is 2.09. The quantitative estimate of drug-likeness (QED) is 0.901. The van der Waals surface area contributed by atoms with Crippen LogP contribution in [0.1, 0.15) is 28.8 Å². The Morgan fingerprint density at radius 3 is 2.63 bits per heavy atom. The number of aryl methyl sites for hydroxylation is 1. The summed E-state index contributed by atoms with van der Waals surface area (Å²) in [5.74, 6) is 0. The lowest BCUT2D eigenvalue weighted by molar-refractivity contribution is 0.138. The number of rotatable bonds is 5. The number of hydrogen-bond donors (Lipinski definition) is 1. The molecule has 0 radical (unpaired) electrons. The SMILES string of the molecule is CNCc1cnn(Cc2ccccc2C)c1C(F)F. The summed E-state index contributed by atoms with van der Waals surface area (Å²) >= 11 is 0. The van der Waals surface area contributed by atoms with Crippen LogP contribution in [0.15, 0.2) is 30.5 Å². The number of nitrogens with one attached hydrogen (secondary N) is 1. The molecule has 0 aliphatic rings. The first-order valence-corrected chi connectivity index (χ1v) is 6.15. The zero-order valence-electron chi connectivity index (χ0n) is 11.0. The highest BCUT2D eigenvalue weighted by molar-refractivity contribution is 5.27. The van der Waals surface area contributed by atoms with Crippen molar-refractivity contribution in [2.75, 3.05) is 7.05 Å². The monoisotopic (exact) mass is 265 g/mol. The summed E-state index contributed by atoms with van der Waals surface area (Å²) < 4.78 is 27.7. The Hall–Kier alpha value is -1.75. The van der Waals surface area contributed by atoms with Crippen molar-refractivity contribution in [3.05, 3.63) is 52.8 Å². The Bertz CT molecular complexity index is 549. The molecule has 0 saturated carbocycles. The van der Waals surface area contributed by atoms with Gasteiger partial charge in [0.15, 0.2) is 0 Å². The van der Waals surface area contributed by atoms with Crippen molar-refractivity contribution in [1.29, 1.82) is 0 Å². The molecule has 3 nitrogen and oxygen atoms in total. The van der Waals surface area contributed by atoms with Crippen LogP contribution in [0.4, 0.5) is 8.78 Å². The van der Waals surface area contributed by atoms with Crippen LogP contribution in [0, 0.1) is 6.92 Å². The first-order chi connectivity index (χ1) is 9.13. The molecule has 5 heteroatoms. The number of hydrogen-bond acceptors (Lipinski definition) is 2. The molecule has 0 unspecified atom stereocenters. The van der Waals surface area contributed by atoms with Crippen molar-refractivity contribution in [2.24, 2.45) is 0 Å². The minimum atomic E-state index is -2.52. The van der Waals surface area contributed by atoms with Crippen LogP contribution in [-0.4, -0.2) is 16.8 Å². The molecule has 2 aromatic rings. The third-order valence-electron chi connectivity index (χ3n) is 3.12. The molecule has 0 fully saturated rings. The van der Waals surface area contributed by atoms with Gasteiger partial charge in [-0.25, -0.2) is 8.78 Å². The van der Waals surface area contributed by atoms with Gasteiger partial charge in [0, 0.05) is 12.1 Å². The predicted octanol–water partition coefficient (Wildman–Crippen LogP) is 2.90. The van der Waals surface area contributed by atoms with Crippen LogP contribution in [0.3, 0.4) is 0 Å². The fourth-order valence-corrected chi connectivity index (χ4v) is 2.09. The second-order valence-electron chi connectivity index (χ2n) is 4.47. The van der Waals surface area contributed by atoms with Gasteiger partial charge in [0.05, 0.1) is 12.7 Å². The summed E-state index contributed by atoms with van der Waals surface area (Å²) in [6, 6.07) is 7.74. The van der Waals surface area contributed by atoms with Gasteiger partial charge < -0.3 is 5.32 Å². The van der Waals surface area contributed by atoms with Crippen molar-refractivity contribution in [3.63, 3.8) is 0 Å². The molecule has 0 spiro atoms. The highest BCUT2D eigenvalue weighted by Gasteiger charge is 2.19. The summed E-state index contributed by atoms with van der Waals surface area (Å²) in [5.41, 5.74) is 2.63. The van der Waals surface area contributed by atoms with E-state index in [2.05, 4.69) is 10.4 Å². The maximum absolute atomic E-state index is 13.2. The maximum atomic E-state index is 13.2. The molecule has 0 bridgehead atoms. The zero-order valence-corrected chi connectivity index (χ0v) is 11.0. The average molecular weight is 265 g/mol. The third kappa shape index (κ3) is 2.98. The van der Waals surface area contributed by atoms with Crippen LogP contribution in [0.25, 0.3) is 0 Å². The number of benzene rings is 1. The summed E-state index contributed by atoms with van der Waals surface area (Å²) in [4.78, 5) is 0. The molecule has 0 aliphatic carbocycles. The average Bonchev–Trinajstić information content (AvgIpc) is 2.76. The predicted molar refractivity (Wildman–Crippen MR) is 70.2 cm³/mol. The van der Waals surface area contributed by atoms with Gasteiger partial charge in [0.1, 0.15) is 5.69 Å². The van der Waals surface area contributed by atoms with E-state index in [0.717, 1.165) is 11.1 Å². The van der Waals surface area contributed by atoms with E-state index in [1.165, 1.54) is 10.9 Å². The van der Waals surface area contributed by atoms with Crippen LogP contribution in [0.2, 0.25) is 0 Å². The molecule has 2 rings (SSSR count). The molecule has 0 saturated heterocycles. The van der Waals surface area contributed by atoms with Crippen molar-refractivity contribution < 1.29 is 8.78 Å². The summed E-state index contributed by atoms with van der Waals surface area (Å²) in [6.45, 7) is 2.74. The lowest BCUT2D eigenvalue weighted by Crippen LogP contribution is -2.11. The van der Waals surface area contributed by atoms with Crippen molar-refractivity contribution >= 4 is 0 Å². The van der Waals surface area contributed by atoms with Crippen LogP contribution >= 0.6 is 0 Å². The summed E-state index contributed by atoms with van der Waals surface area (Å²) in [7, 11) is 1.73. The Labute approximate surface area is 111 Å². The first kappa shape index (κ1) is 13.7. The van der Waals surface area contributed by atoms with Gasteiger partial charge >= 0.3 is 0 Å². The van der Waals surface area contributed by atoms with E-state index in [0.29, 0.717) is 18.7 Å². The maximum Gasteiger partial charge on any atom is 0.280 e. The molecule has 0 atom stereocenters. The van der Waals surface area contributed by atoms with E-state index in [4.69, 9.17) is 0 Å². The summed E-state index contributed by atoms with van der Waals surface area (Å²) in [5, 5.41) is 6.97. The topological polar surface area (TPSA) is 29.9 Å². The van der Waals surface area contributed by atoms with E-state index in [9.17, 15) is 8.78 Å². The van der Waals surface area contributed by atoms with Crippen LogP contribution < -0.4 is 5.32 Å². The summed E-state index contributed by atoms with van der Waals surface area (Å²) in [6.07, 6.45) is -1.01. The van der Waals surface area contributed by atoms with Crippen molar-refractivity contribution in [3.8, 4) is 0 Å². The van der Waals surface area contributed by atoms with Crippen LogP contribution in [-0.2, 0) is 13.1 Å². The molecular formula is C14H17F2N3. The van der Waals surface area contributed by atoms with Gasteiger partial charge in [-0.05, 0) is 25.1 Å². The van der Waals surface area contributed by atoms with E-state index >= 15 is 0 Å². The van der Waals surface area contributed by atoms with Crippen molar-refractivity contribution in [2.45, 2.75) is 26.4 Å². The van der Waals surface area contributed by atoms with E-state index in [1.807, 2.05) is 31.2 Å². The van der Waals surface area contributed by atoms with Gasteiger partial charge in [-0.3, -0.25) is 4.68 Å². The molecule has 1 aromatic carbocycles. The lowest BCUT2D eigenvalue weighted by Gasteiger charge is -2.10. The molecule has 102 valence electrons. The molecule has 1 aromatic heterocycles. The largest absolute Gasteiger partial charge is 0.316 e. The highest BCUT2D eigenvalue weighted by atomic mass is 19.3. The molecular weight excluding hydrogens is 248 g/mol. The van der Waals surface area contributed by atoms with Gasteiger partial charge in [-0.1, -0.05) is 24.3 Å². The fraction of sp³-hybridized carbons (Fsp3) is 0.357. The second kappa shape index (κ2) is 5.93. The van der Waals surface area contributed by atoms with Crippen LogP contribution in [0.5, 0.6) is 0 Å². The molecule has 1 N–H and O–H groups in total. The Morgan fingerprint density at radius 1 is 1.26 bits per heavy atom. The first-order valence-electron chi connectivity index (χ1n) is 6.15. The second-order valence-corrected chi connectivity index (χ2v) is 4.47. The Morgan fingerprint density at radius 2 is 2.00 bits per heavy atom. The minimum Gasteiger partial charge on any atom is -0.316 e. The normalized spacial score (nSPS) is 11.2. The lowest BCUT2D eigenvalue weighted by atomic mass is 10.1. The van der Waals surface area contributed by atoms with E-state index in [1.54, 1.807) is 7.05 Å². The number of nitrogens with zero attached hydrogens (tertiary/aromatic N) is 2. The highest BCUT2D eigenvalue weighted by Crippen LogP contribution is 2.24. The number of alkyl halides is 2. The Balaban J connectivity index is 2.33. The number of halogens is 2. The molecule has 19 heavy (non-hydrogen) atoms. The van der Waals surface area contributed by atoms with Gasteiger partial charge in [-0.15, -0.1) is 0 Å². The van der Waals surface area contributed by atoms with E-state index < -0.39 is 6.43 Å². The standard InChI is InChI=1S/C14H17F2N3/c1-10-5-3-4-6-11(10)9-19-13(14(15)16)12(7-17-2)8-18-19/h3-6,8,14,17H,7,9H2,1-2H3. The number of aromatic nitrogens is 2.